The molecular formula is C15H15BrN2O2. The summed E-state index contributed by atoms with van der Waals surface area (Å²) in [7, 11) is 2.00. The zero-order valence-corrected chi connectivity index (χ0v) is 13.2. The SMILES string of the molecule is Cc1cc(N(C)c2cc3c(cc2C)OCO3)ncc1Br. The largest absolute Gasteiger partial charge is 0.454 e. The number of pyridine rings is 1. The number of rotatable bonds is 2. The van der Waals surface area contributed by atoms with E-state index in [1.807, 2.05) is 31.4 Å². The van der Waals surface area contributed by atoms with Crippen molar-refractivity contribution in [1.82, 2.24) is 4.98 Å². The molecule has 3 rings (SSSR count). The van der Waals surface area contributed by atoms with Gasteiger partial charge in [0.05, 0.1) is 0 Å². The monoisotopic (exact) mass is 334 g/mol. The minimum atomic E-state index is 0.289. The third kappa shape index (κ3) is 2.22. The van der Waals surface area contributed by atoms with Crippen LogP contribution in [0.3, 0.4) is 0 Å². The molecule has 1 aliphatic heterocycles. The minimum absolute atomic E-state index is 0.289. The summed E-state index contributed by atoms with van der Waals surface area (Å²) in [5.41, 5.74) is 3.34. The van der Waals surface area contributed by atoms with Gasteiger partial charge in [0.2, 0.25) is 6.79 Å². The van der Waals surface area contributed by atoms with E-state index in [9.17, 15) is 0 Å². The molecule has 0 aliphatic carbocycles. The van der Waals surface area contributed by atoms with Crippen LogP contribution in [0, 0.1) is 13.8 Å². The molecule has 0 saturated carbocycles. The molecule has 0 N–H and O–H groups in total. The molecule has 0 radical (unpaired) electrons. The zero-order valence-electron chi connectivity index (χ0n) is 11.6. The zero-order chi connectivity index (χ0) is 14.3. The van der Waals surface area contributed by atoms with E-state index in [2.05, 4.69) is 39.7 Å². The molecular weight excluding hydrogens is 320 g/mol. The number of fused-ring (bicyclic) bond motifs is 1. The smallest absolute Gasteiger partial charge is 0.231 e. The van der Waals surface area contributed by atoms with Gasteiger partial charge in [0.15, 0.2) is 11.5 Å². The van der Waals surface area contributed by atoms with Crippen LogP contribution in [0.1, 0.15) is 11.1 Å². The molecule has 1 aliphatic rings. The lowest BCUT2D eigenvalue weighted by Gasteiger charge is -2.21. The Labute approximate surface area is 126 Å². The third-order valence-corrected chi connectivity index (χ3v) is 4.26. The fraction of sp³-hybridized carbons (Fsp3) is 0.267. The Kier molecular flexibility index (Phi) is 3.30. The van der Waals surface area contributed by atoms with E-state index in [1.54, 1.807) is 0 Å². The highest BCUT2D eigenvalue weighted by Crippen LogP contribution is 2.39. The highest BCUT2D eigenvalue weighted by Gasteiger charge is 2.18. The molecule has 2 heterocycles. The minimum Gasteiger partial charge on any atom is -0.454 e. The Morgan fingerprint density at radius 3 is 2.50 bits per heavy atom. The summed E-state index contributed by atoms with van der Waals surface area (Å²) in [6.07, 6.45) is 1.82. The van der Waals surface area contributed by atoms with Crippen molar-refractivity contribution in [3.63, 3.8) is 0 Å². The summed E-state index contributed by atoms with van der Waals surface area (Å²) in [5.74, 6) is 2.48. The normalized spacial score (nSPS) is 12.6. The van der Waals surface area contributed by atoms with Crippen LogP contribution in [0.2, 0.25) is 0 Å². The van der Waals surface area contributed by atoms with Crippen LogP contribution >= 0.6 is 15.9 Å². The topological polar surface area (TPSA) is 34.6 Å². The number of hydrogen-bond donors (Lipinski definition) is 0. The molecule has 20 heavy (non-hydrogen) atoms. The maximum atomic E-state index is 5.45. The highest BCUT2D eigenvalue weighted by atomic mass is 79.9. The molecule has 0 atom stereocenters. The second-order valence-electron chi connectivity index (χ2n) is 4.84. The number of benzene rings is 1. The van der Waals surface area contributed by atoms with Crippen molar-refractivity contribution in [2.45, 2.75) is 13.8 Å². The Hall–Kier alpha value is -1.75. The average Bonchev–Trinajstić information content (AvgIpc) is 2.87. The molecule has 2 aromatic rings. The predicted molar refractivity (Wildman–Crippen MR) is 82.0 cm³/mol. The summed E-state index contributed by atoms with van der Waals surface area (Å²) in [5, 5.41) is 0. The van der Waals surface area contributed by atoms with Gasteiger partial charge in [-0.05, 0) is 53.0 Å². The van der Waals surface area contributed by atoms with Gasteiger partial charge in [-0.15, -0.1) is 0 Å². The van der Waals surface area contributed by atoms with Crippen molar-refractivity contribution in [3.05, 3.63) is 40.0 Å². The maximum absolute atomic E-state index is 5.45. The number of anilines is 2. The Morgan fingerprint density at radius 2 is 1.80 bits per heavy atom. The van der Waals surface area contributed by atoms with Crippen LogP contribution in [0.25, 0.3) is 0 Å². The molecule has 5 heteroatoms. The molecule has 0 amide bonds. The lowest BCUT2D eigenvalue weighted by atomic mass is 10.1. The highest BCUT2D eigenvalue weighted by molar-refractivity contribution is 9.10. The Balaban J connectivity index is 2.01. The standard InChI is InChI=1S/C15H15BrN2O2/c1-9-5-15(17-7-11(9)16)18(3)12-6-14-13(4-10(12)2)19-8-20-14/h4-7H,8H2,1-3H3. The van der Waals surface area contributed by atoms with Gasteiger partial charge in [0.25, 0.3) is 0 Å². The third-order valence-electron chi connectivity index (χ3n) is 3.43. The van der Waals surface area contributed by atoms with Gasteiger partial charge in [-0.1, -0.05) is 0 Å². The summed E-state index contributed by atoms with van der Waals surface area (Å²) < 4.78 is 11.8. The summed E-state index contributed by atoms with van der Waals surface area (Å²) >= 11 is 3.47. The van der Waals surface area contributed by atoms with Crippen LogP contribution in [0.15, 0.2) is 28.9 Å². The number of halogens is 1. The summed E-state index contributed by atoms with van der Waals surface area (Å²) in [4.78, 5) is 6.51. The first-order chi connectivity index (χ1) is 9.56. The lowest BCUT2D eigenvalue weighted by Crippen LogP contribution is -2.12. The van der Waals surface area contributed by atoms with E-state index >= 15 is 0 Å². The van der Waals surface area contributed by atoms with Gasteiger partial charge < -0.3 is 14.4 Å². The Bertz CT molecular complexity index is 673. The quantitative estimate of drug-likeness (QED) is 0.832. The maximum Gasteiger partial charge on any atom is 0.231 e. The number of aromatic nitrogens is 1. The molecule has 4 nitrogen and oxygen atoms in total. The van der Waals surface area contributed by atoms with E-state index in [0.717, 1.165) is 38.6 Å². The van der Waals surface area contributed by atoms with Gasteiger partial charge in [0.1, 0.15) is 5.82 Å². The molecule has 0 unspecified atom stereocenters. The van der Waals surface area contributed by atoms with Crippen molar-refractivity contribution in [2.75, 3.05) is 18.7 Å². The molecule has 1 aromatic carbocycles. The first kappa shape index (κ1) is 13.2. The lowest BCUT2D eigenvalue weighted by molar-refractivity contribution is 0.174. The first-order valence-electron chi connectivity index (χ1n) is 6.32. The van der Waals surface area contributed by atoms with Crippen LogP contribution in [0.5, 0.6) is 11.5 Å². The van der Waals surface area contributed by atoms with Crippen molar-refractivity contribution in [2.24, 2.45) is 0 Å². The molecule has 0 saturated heterocycles. The van der Waals surface area contributed by atoms with Gasteiger partial charge in [0, 0.05) is 29.5 Å². The summed E-state index contributed by atoms with van der Waals surface area (Å²) in [6.45, 7) is 4.40. The van der Waals surface area contributed by atoms with Crippen molar-refractivity contribution >= 4 is 27.4 Å². The molecule has 1 aromatic heterocycles. The fourth-order valence-corrected chi connectivity index (χ4v) is 2.44. The van der Waals surface area contributed by atoms with E-state index < -0.39 is 0 Å². The number of nitrogens with zero attached hydrogens (tertiary/aromatic N) is 2. The van der Waals surface area contributed by atoms with Crippen molar-refractivity contribution < 1.29 is 9.47 Å². The van der Waals surface area contributed by atoms with E-state index in [4.69, 9.17) is 9.47 Å². The number of ether oxygens (including phenoxy) is 2. The second-order valence-corrected chi connectivity index (χ2v) is 5.70. The number of aryl methyl sites for hydroxylation is 2. The molecule has 0 bridgehead atoms. The van der Waals surface area contributed by atoms with Gasteiger partial charge in [-0.2, -0.15) is 0 Å². The van der Waals surface area contributed by atoms with E-state index in [-0.39, 0.29) is 6.79 Å². The van der Waals surface area contributed by atoms with Gasteiger partial charge in [-0.25, -0.2) is 4.98 Å². The summed E-state index contributed by atoms with van der Waals surface area (Å²) in [6, 6.07) is 6.05. The van der Waals surface area contributed by atoms with Gasteiger partial charge >= 0.3 is 0 Å². The molecule has 0 spiro atoms. The van der Waals surface area contributed by atoms with E-state index in [1.165, 1.54) is 0 Å². The van der Waals surface area contributed by atoms with Crippen molar-refractivity contribution in [3.8, 4) is 11.5 Å². The van der Waals surface area contributed by atoms with Crippen LogP contribution in [0.4, 0.5) is 11.5 Å². The fourth-order valence-electron chi connectivity index (χ4n) is 2.23. The molecule has 0 fully saturated rings. The van der Waals surface area contributed by atoms with Crippen LogP contribution < -0.4 is 14.4 Å². The van der Waals surface area contributed by atoms with Gasteiger partial charge in [-0.3, -0.25) is 0 Å². The van der Waals surface area contributed by atoms with Crippen LogP contribution in [-0.4, -0.2) is 18.8 Å². The first-order valence-corrected chi connectivity index (χ1v) is 7.11. The number of hydrogen-bond acceptors (Lipinski definition) is 4. The molecule has 104 valence electrons. The average molecular weight is 335 g/mol. The predicted octanol–water partition coefficient (Wildman–Crippen LogP) is 3.96. The van der Waals surface area contributed by atoms with Crippen LogP contribution in [-0.2, 0) is 0 Å². The Morgan fingerprint density at radius 1 is 1.10 bits per heavy atom. The van der Waals surface area contributed by atoms with Crippen molar-refractivity contribution in [1.29, 1.82) is 0 Å². The van der Waals surface area contributed by atoms with E-state index in [0.29, 0.717) is 0 Å². The second kappa shape index (κ2) is 4.98.